The number of anilines is 2. The molecule has 0 radical (unpaired) electrons. The van der Waals surface area contributed by atoms with Crippen LogP contribution in [0.3, 0.4) is 0 Å². The van der Waals surface area contributed by atoms with Gasteiger partial charge in [0.05, 0.1) is 73.2 Å². The molecule has 3 aliphatic rings. The van der Waals surface area contributed by atoms with E-state index in [9.17, 15) is 67.7 Å². The van der Waals surface area contributed by atoms with Crippen molar-refractivity contribution in [1.29, 1.82) is 0 Å². The lowest BCUT2D eigenvalue weighted by molar-refractivity contribution is -0.138. The Morgan fingerprint density at radius 2 is 1.44 bits per heavy atom. The molecule has 570 valence electrons. The van der Waals surface area contributed by atoms with Crippen molar-refractivity contribution in [1.82, 2.24) is 33.8 Å². The number of hydrogen-bond donors (Lipinski definition) is 4. The zero-order chi connectivity index (χ0) is 77.6. The Balaban J connectivity index is 0.658. The van der Waals surface area contributed by atoms with Gasteiger partial charge in [-0.2, -0.15) is 11.8 Å². The maximum absolute atomic E-state index is 14.3. The normalized spacial score (nSPS) is 16.1. The zero-order valence-electron chi connectivity index (χ0n) is 61.4. The summed E-state index contributed by atoms with van der Waals surface area (Å²) in [6.45, 7) is 10.1. The van der Waals surface area contributed by atoms with Crippen molar-refractivity contribution in [2.45, 2.75) is 122 Å². The van der Waals surface area contributed by atoms with Crippen molar-refractivity contribution in [3.8, 4) is 22.6 Å². The summed E-state index contributed by atoms with van der Waals surface area (Å²) in [5, 5.41) is 27.2. The molecule has 3 aliphatic heterocycles. The van der Waals surface area contributed by atoms with Gasteiger partial charge >= 0.3 is 12.1 Å². The van der Waals surface area contributed by atoms with Crippen LogP contribution in [0.5, 0.6) is 11.5 Å². The minimum atomic E-state index is -1.60. The molecule has 1 unspecified atom stereocenters. The number of ketones is 4. The number of Topliss-reactive ketones (excluding diaryl/α,β-unsaturated/α-hetero) is 4. The molecule has 2 fully saturated rings. The van der Waals surface area contributed by atoms with E-state index in [0.29, 0.717) is 51.9 Å². The molecule has 0 spiro atoms. The van der Waals surface area contributed by atoms with E-state index in [0.717, 1.165) is 20.9 Å². The van der Waals surface area contributed by atoms with Crippen LogP contribution in [0.4, 0.5) is 16.3 Å². The van der Waals surface area contributed by atoms with E-state index in [1.807, 2.05) is 44.3 Å². The van der Waals surface area contributed by atoms with E-state index in [1.54, 1.807) is 80.5 Å². The quantitative estimate of drug-likeness (QED) is 0.0122. The number of aromatic carboxylic acids is 1. The fraction of sp³-hybridized carbons (Fsp3) is 0.405. The molecule has 5 atom stereocenters. The smallest absolute Gasteiger partial charge is 0.416 e. The van der Waals surface area contributed by atoms with Crippen LogP contribution in [0.1, 0.15) is 137 Å². The molecular weight excluding hydrogens is 1410 g/mol. The number of nitrogens with one attached hydrogen (secondary N) is 2. The van der Waals surface area contributed by atoms with Crippen molar-refractivity contribution < 1.29 is 91.4 Å². The highest BCUT2D eigenvalue weighted by molar-refractivity contribution is 8.00. The van der Waals surface area contributed by atoms with E-state index in [1.165, 1.54) is 63.4 Å². The number of aliphatic hydroxyl groups is 1. The van der Waals surface area contributed by atoms with Gasteiger partial charge in [0.1, 0.15) is 23.9 Å². The number of aryl methyl sites for hydroxylation is 2. The monoisotopic (exact) mass is 1500 g/mol. The molecule has 108 heavy (non-hydrogen) atoms. The number of carboxylic acids is 1. The highest BCUT2D eigenvalue weighted by Crippen LogP contribution is 2.42. The summed E-state index contributed by atoms with van der Waals surface area (Å²) in [6, 6.07) is 23.1. The molecule has 29 heteroatoms. The number of carboxylic acid groups (broad SMARTS) is 1. The molecule has 3 aromatic heterocycles. The minimum Gasteiger partial charge on any atom is -0.493 e. The number of rotatable bonds is 37. The molecule has 28 nitrogen and oxygen atoms in total. The number of imide groups is 1. The lowest BCUT2D eigenvalue weighted by atomic mass is 9.88. The standard InChI is InChI=1S/C79H89N9O19S/c1-46(2)58(38-57(90)25-30-105-32-31-104-28-9-11-56(89)24-27-86-71(94)41-68(108-8)77(86)99)73(95)80-48(4)64(91)34-49-13-15-51(16-14-49)45-107-79(102)88-61-40-67(66(103-7)39-59(61)74(96)87-42-47(3)33-63(87)76(88)98)106-29-10-12-70(93)81-69-44-84(6)72(82-69)65(92)35-50-17-19-52(20-18-50)55-37-62(83(5)43-55)75(97)85-26-23-53-36-54(78(100)101)21-22-60(53)85/h13-23,26,36-37,39-40,43-44,46,48,58,63,68,76,98H,3,9-12,24-25,27-35,38,41-42,45H2,1-2,4-8H3,(H,80,95)(H,81,93)(H,100,101)/t48-,58-,63-,68?,76-/m0/s1. The first kappa shape index (κ1) is 79.7. The van der Waals surface area contributed by atoms with E-state index < -0.39 is 54.0 Å². The number of ether oxygens (including phenoxy) is 5. The lowest BCUT2D eigenvalue weighted by Gasteiger charge is -2.31. The average Bonchev–Trinajstić information content (AvgIpc) is 1.52. The highest BCUT2D eigenvalue weighted by Gasteiger charge is 2.47. The summed E-state index contributed by atoms with van der Waals surface area (Å²) in [4.78, 5) is 165. The Morgan fingerprint density at radius 3 is 2.15 bits per heavy atom. The lowest BCUT2D eigenvalue weighted by Crippen LogP contribution is -2.50. The molecule has 6 heterocycles. The number of fused-ring (bicyclic) bond motifs is 3. The van der Waals surface area contributed by atoms with Gasteiger partial charge in [-0.3, -0.25) is 57.4 Å². The van der Waals surface area contributed by atoms with Crippen LogP contribution in [0.2, 0.25) is 0 Å². The van der Waals surface area contributed by atoms with Crippen LogP contribution >= 0.6 is 11.8 Å². The van der Waals surface area contributed by atoms with Crippen molar-refractivity contribution >= 4 is 105 Å². The molecule has 0 bridgehead atoms. The van der Waals surface area contributed by atoms with Crippen LogP contribution in [0.15, 0.2) is 122 Å². The number of benzene rings is 4. The third kappa shape index (κ3) is 19.5. The Morgan fingerprint density at radius 1 is 0.741 bits per heavy atom. The summed E-state index contributed by atoms with van der Waals surface area (Å²) in [5.41, 5.74) is 5.17. The number of hydrogen-bond acceptors (Lipinski definition) is 20. The second kappa shape index (κ2) is 36.1. The van der Waals surface area contributed by atoms with Gasteiger partial charge in [-0.1, -0.05) is 74.5 Å². The fourth-order valence-electron chi connectivity index (χ4n) is 13.2. The molecule has 0 aliphatic carbocycles. The first-order valence-corrected chi connectivity index (χ1v) is 36.9. The van der Waals surface area contributed by atoms with Crippen molar-refractivity contribution in [2.75, 3.05) is 69.7 Å². The average molecular weight is 1500 g/mol. The number of nitrogens with zero attached hydrogens (tertiary/aromatic N) is 7. The Kier molecular flexibility index (Phi) is 26.7. The van der Waals surface area contributed by atoms with Gasteiger partial charge in [-0.25, -0.2) is 19.5 Å². The van der Waals surface area contributed by atoms with Gasteiger partial charge in [0, 0.05) is 127 Å². The van der Waals surface area contributed by atoms with Gasteiger partial charge < -0.3 is 58.6 Å². The van der Waals surface area contributed by atoms with E-state index >= 15 is 0 Å². The molecule has 2 saturated heterocycles. The topological polar surface area (TPSA) is 353 Å². The molecular formula is C79H89N9O19S. The van der Waals surface area contributed by atoms with Crippen molar-refractivity contribution in [3.05, 3.63) is 161 Å². The number of carbonyl (C=O) groups excluding carboxylic acids is 11. The number of aliphatic hydroxyl groups excluding tert-OH is 1. The highest BCUT2D eigenvalue weighted by atomic mass is 32.2. The van der Waals surface area contributed by atoms with E-state index in [2.05, 4.69) is 22.2 Å². The summed E-state index contributed by atoms with van der Waals surface area (Å²) >= 11 is 1.33. The van der Waals surface area contributed by atoms with E-state index in [-0.39, 0.29) is 202 Å². The fourth-order valence-corrected chi connectivity index (χ4v) is 13.8. The maximum atomic E-state index is 14.3. The molecule has 4 N–H and O–H groups in total. The number of methoxy groups -OCH3 is 1. The van der Waals surface area contributed by atoms with E-state index in [4.69, 9.17) is 23.7 Å². The zero-order valence-corrected chi connectivity index (χ0v) is 62.2. The second-order valence-electron chi connectivity index (χ2n) is 27.4. The largest absolute Gasteiger partial charge is 0.493 e. The van der Waals surface area contributed by atoms with Gasteiger partial charge in [-0.15, -0.1) is 0 Å². The van der Waals surface area contributed by atoms with Gasteiger partial charge in [0.25, 0.3) is 11.8 Å². The number of aromatic nitrogens is 4. The van der Waals surface area contributed by atoms with Gasteiger partial charge in [0.2, 0.25) is 29.4 Å². The first-order valence-electron chi connectivity index (χ1n) is 35.6. The maximum Gasteiger partial charge on any atom is 0.416 e. The molecule has 4 aromatic carbocycles. The summed E-state index contributed by atoms with van der Waals surface area (Å²) in [6.07, 6.45) is 5.43. The Hall–Kier alpha value is -10.9. The Bertz CT molecular complexity index is 4590. The molecule has 6 amide bonds. The van der Waals surface area contributed by atoms with Crippen LogP contribution in [0, 0.1) is 11.8 Å². The Labute approximate surface area is 628 Å². The van der Waals surface area contributed by atoms with Crippen LogP contribution in [0.25, 0.3) is 22.0 Å². The summed E-state index contributed by atoms with van der Waals surface area (Å²) in [7, 11) is 4.78. The SMILES string of the molecule is C=C1C[C@H]2[C@H](O)N(C(=O)OCc3ccc(CC(=O)[C@H](C)NC(=O)[C@@H](CC(=O)CCOCCOCCCC(=O)CCN4C(=O)CC(SC)C4=O)C(C)C)cc3)c3cc(OCCCC(=O)Nc4cn(C)c(C(=O)Cc5ccc(-c6cc(C(=O)n7ccc8cc(C(=O)O)ccc87)n(C)c6)cc5)n4)c(OC)cc3C(=O)N2C1. The molecule has 7 aromatic rings. The number of thioether (sulfide) groups is 1. The predicted molar refractivity (Wildman–Crippen MR) is 399 cm³/mol. The van der Waals surface area contributed by atoms with Crippen molar-refractivity contribution in [2.24, 2.45) is 25.9 Å². The summed E-state index contributed by atoms with van der Waals surface area (Å²) < 4.78 is 33.5. The minimum absolute atomic E-state index is 0.00372. The van der Waals surface area contributed by atoms with Crippen LogP contribution in [-0.4, -0.2) is 192 Å². The first-order chi connectivity index (χ1) is 51.7. The van der Waals surface area contributed by atoms with Gasteiger partial charge in [-0.05, 0) is 97.0 Å². The molecule has 10 rings (SSSR count). The number of imidazole rings is 1. The van der Waals surface area contributed by atoms with Crippen LogP contribution in [-0.2, 0) is 81.3 Å². The van der Waals surface area contributed by atoms with Crippen molar-refractivity contribution in [3.63, 3.8) is 0 Å². The molecule has 0 saturated carbocycles. The number of amides is 6. The number of likely N-dealkylation sites (tertiary alicyclic amines) is 1. The van der Waals surface area contributed by atoms with Crippen LogP contribution < -0.4 is 25.0 Å². The second-order valence-corrected chi connectivity index (χ2v) is 28.5. The third-order valence-corrected chi connectivity index (χ3v) is 20.2. The predicted octanol–water partition coefficient (Wildman–Crippen LogP) is 8.75. The summed E-state index contributed by atoms with van der Waals surface area (Å²) in [5.74, 6) is -4.47. The van der Waals surface area contributed by atoms with Gasteiger partial charge in [0.15, 0.2) is 35.2 Å². The third-order valence-electron chi connectivity index (χ3n) is 19.3. The number of carbonyl (C=O) groups is 12.